The van der Waals surface area contributed by atoms with Gasteiger partial charge in [0.2, 0.25) is 5.91 Å². The zero-order valence-electron chi connectivity index (χ0n) is 10.2. The van der Waals surface area contributed by atoms with Crippen LogP contribution in [0.1, 0.15) is 19.8 Å². The van der Waals surface area contributed by atoms with Gasteiger partial charge in [-0.05, 0) is 38.0 Å². The van der Waals surface area contributed by atoms with Gasteiger partial charge < -0.3 is 10.2 Å². The van der Waals surface area contributed by atoms with E-state index in [9.17, 15) is 9.18 Å². The molecule has 0 aromatic heterocycles. The van der Waals surface area contributed by atoms with Crippen molar-refractivity contribution in [1.82, 2.24) is 4.90 Å². The minimum atomic E-state index is -0.384. The molecule has 1 amide bonds. The van der Waals surface area contributed by atoms with E-state index in [0.717, 1.165) is 19.4 Å². The fraction of sp³-hybridized carbons (Fsp3) is 0.462. The molecule has 1 aromatic rings. The zero-order valence-corrected chi connectivity index (χ0v) is 11.0. The summed E-state index contributed by atoms with van der Waals surface area (Å²) < 4.78 is 12.9. The maximum atomic E-state index is 12.9. The third-order valence-corrected chi connectivity index (χ3v) is 3.32. The van der Waals surface area contributed by atoms with E-state index in [-0.39, 0.29) is 23.3 Å². The monoisotopic (exact) mass is 270 g/mol. The average molecular weight is 271 g/mol. The Morgan fingerprint density at radius 2 is 2.28 bits per heavy atom. The number of benzene rings is 1. The first kappa shape index (κ1) is 13.1. The molecule has 1 aliphatic rings. The number of rotatable bonds is 5. The van der Waals surface area contributed by atoms with Crippen molar-refractivity contribution < 1.29 is 9.18 Å². The molecule has 1 aromatic carbocycles. The molecule has 1 fully saturated rings. The van der Waals surface area contributed by atoms with Crippen LogP contribution in [-0.2, 0) is 4.79 Å². The third-order valence-electron chi connectivity index (χ3n) is 3.01. The van der Waals surface area contributed by atoms with Gasteiger partial charge in [-0.25, -0.2) is 4.39 Å². The van der Waals surface area contributed by atoms with Crippen molar-refractivity contribution >= 4 is 23.2 Å². The molecule has 0 bridgehead atoms. The second-order valence-corrected chi connectivity index (χ2v) is 4.80. The summed E-state index contributed by atoms with van der Waals surface area (Å²) in [5, 5.41) is 3.24. The lowest BCUT2D eigenvalue weighted by molar-refractivity contribution is -0.129. The van der Waals surface area contributed by atoms with Crippen LogP contribution in [0.3, 0.4) is 0 Å². The first-order valence-corrected chi connectivity index (χ1v) is 6.48. The lowest BCUT2D eigenvalue weighted by Gasteiger charge is -2.21. The lowest BCUT2D eigenvalue weighted by atomic mass is 10.3. The van der Waals surface area contributed by atoms with E-state index in [1.54, 1.807) is 6.07 Å². The van der Waals surface area contributed by atoms with Crippen molar-refractivity contribution in [2.45, 2.75) is 25.8 Å². The Bertz CT molecular complexity index is 449. The highest BCUT2D eigenvalue weighted by Crippen LogP contribution is 2.27. The average Bonchev–Trinajstić information content (AvgIpc) is 3.13. The van der Waals surface area contributed by atoms with Crippen LogP contribution in [0.15, 0.2) is 18.2 Å². The molecule has 18 heavy (non-hydrogen) atoms. The van der Waals surface area contributed by atoms with E-state index in [1.165, 1.54) is 12.1 Å². The van der Waals surface area contributed by atoms with Crippen LogP contribution < -0.4 is 5.32 Å². The summed E-state index contributed by atoms with van der Waals surface area (Å²) in [6.07, 6.45) is 2.19. The number of nitrogens with zero attached hydrogens (tertiary/aromatic N) is 1. The maximum absolute atomic E-state index is 12.9. The van der Waals surface area contributed by atoms with Gasteiger partial charge in [0.25, 0.3) is 0 Å². The van der Waals surface area contributed by atoms with Crippen LogP contribution in [-0.4, -0.2) is 29.9 Å². The molecule has 1 N–H and O–H groups in total. The molecular formula is C13H16ClFN2O. The van der Waals surface area contributed by atoms with E-state index in [4.69, 9.17) is 11.6 Å². The SMILES string of the molecule is CCN(C(=O)CNc1ccc(F)cc1Cl)C1CC1. The summed E-state index contributed by atoms with van der Waals surface area (Å²) in [7, 11) is 0. The highest BCUT2D eigenvalue weighted by Gasteiger charge is 2.30. The molecule has 0 spiro atoms. The van der Waals surface area contributed by atoms with Crippen LogP contribution in [0.25, 0.3) is 0 Å². The quantitative estimate of drug-likeness (QED) is 0.892. The molecule has 1 aliphatic carbocycles. The summed E-state index contributed by atoms with van der Waals surface area (Å²) in [6, 6.07) is 4.50. The Kier molecular flexibility index (Phi) is 4.07. The van der Waals surface area contributed by atoms with Gasteiger partial charge in [-0.3, -0.25) is 4.79 Å². The van der Waals surface area contributed by atoms with Gasteiger partial charge in [-0.1, -0.05) is 11.6 Å². The molecule has 0 atom stereocenters. The van der Waals surface area contributed by atoms with Crippen LogP contribution >= 0.6 is 11.6 Å². The molecule has 5 heteroatoms. The maximum Gasteiger partial charge on any atom is 0.242 e. The molecular weight excluding hydrogens is 255 g/mol. The van der Waals surface area contributed by atoms with E-state index >= 15 is 0 Å². The largest absolute Gasteiger partial charge is 0.375 e. The van der Waals surface area contributed by atoms with Gasteiger partial charge >= 0.3 is 0 Å². The number of amides is 1. The summed E-state index contributed by atoms with van der Waals surface area (Å²) in [4.78, 5) is 13.8. The molecule has 2 rings (SSSR count). The van der Waals surface area contributed by atoms with Gasteiger partial charge in [-0.15, -0.1) is 0 Å². The fourth-order valence-corrected chi connectivity index (χ4v) is 2.16. The predicted molar refractivity (Wildman–Crippen MR) is 70.3 cm³/mol. The number of likely N-dealkylation sites (N-methyl/N-ethyl adjacent to an activating group) is 1. The molecule has 0 unspecified atom stereocenters. The Hall–Kier alpha value is -1.29. The lowest BCUT2D eigenvalue weighted by Crippen LogP contribution is -2.37. The standard InChI is InChI=1S/C13H16ClFN2O/c1-2-17(10-4-5-10)13(18)8-16-12-6-3-9(15)7-11(12)14/h3,6-7,10,16H,2,4-5,8H2,1H3. The van der Waals surface area contributed by atoms with Gasteiger partial charge in [-0.2, -0.15) is 0 Å². The Morgan fingerprint density at radius 3 is 2.83 bits per heavy atom. The van der Waals surface area contributed by atoms with Crippen molar-refractivity contribution in [3.63, 3.8) is 0 Å². The number of anilines is 1. The topological polar surface area (TPSA) is 32.3 Å². The minimum Gasteiger partial charge on any atom is -0.375 e. The Labute approximate surface area is 111 Å². The first-order valence-electron chi connectivity index (χ1n) is 6.10. The van der Waals surface area contributed by atoms with E-state index in [2.05, 4.69) is 5.32 Å². The number of carbonyl (C=O) groups is 1. The van der Waals surface area contributed by atoms with Gasteiger partial charge in [0, 0.05) is 12.6 Å². The molecule has 0 saturated heterocycles. The second kappa shape index (κ2) is 5.57. The molecule has 0 radical (unpaired) electrons. The molecule has 98 valence electrons. The third kappa shape index (κ3) is 3.13. The van der Waals surface area contributed by atoms with Crippen molar-refractivity contribution in [2.75, 3.05) is 18.4 Å². The van der Waals surface area contributed by atoms with E-state index in [1.807, 2.05) is 11.8 Å². The van der Waals surface area contributed by atoms with Gasteiger partial charge in [0.05, 0.1) is 17.3 Å². The molecule has 0 heterocycles. The first-order chi connectivity index (χ1) is 8.61. The van der Waals surface area contributed by atoms with E-state index in [0.29, 0.717) is 11.7 Å². The van der Waals surface area contributed by atoms with Crippen molar-refractivity contribution in [3.05, 3.63) is 29.0 Å². The van der Waals surface area contributed by atoms with E-state index < -0.39 is 0 Å². The van der Waals surface area contributed by atoms with Gasteiger partial charge in [0.15, 0.2) is 0 Å². The zero-order chi connectivity index (χ0) is 13.1. The highest BCUT2D eigenvalue weighted by molar-refractivity contribution is 6.33. The normalized spacial score (nSPS) is 14.4. The second-order valence-electron chi connectivity index (χ2n) is 4.39. The summed E-state index contributed by atoms with van der Waals surface area (Å²) >= 11 is 5.87. The van der Waals surface area contributed by atoms with Crippen molar-refractivity contribution in [2.24, 2.45) is 0 Å². The van der Waals surface area contributed by atoms with Gasteiger partial charge in [0.1, 0.15) is 5.82 Å². The highest BCUT2D eigenvalue weighted by atomic mass is 35.5. The number of hydrogen-bond donors (Lipinski definition) is 1. The minimum absolute atomic E-state index is 0.0559. The predicted octanol–water partition coefficient (Wildman–Crippen LogP) is 2.90. The van der Waals surface area contributed by atoms with Crippen molar-refractivity contribution in [3.8, 4) is 0 Å². The summed E-state index contributed by atoms with van der Waals surface area (Å²) in [5.41, 5.74) is 0.582. The number of nitrogens with one attached hydrogen (secondary N) is 1. The Balaban J connectivity index is 1.92. The number of hydrogen-bond acceptors (Lipinski definition) is 2. The van der Waals surface area contributed by atoms with Crippen LogP contribution in [0.2, 0.25) is 5.02 Å². The molecule has 1 saturated carbocycles. The number of carbonyl (C=O) groups excluding carboxylic acids is 1. The van der Waals surface area contributed by atoms with Crippen LogP contribution in [0.5, 0.6) is 0 Å². The molecule has 3 nitrogen and oxygen atoms in total. The van der Waals surface area contributed by atoms with Crippen molar-refractivity contribution in [1.29, 1.82) is 0 Å². The summed E-state index contributed by atoms with van der Waals surface area (Å²) in [6.45, 7) is 2.89. The molecule has 0 aliphatic heterocycles. The van der Waals surface area contributed by atoms with Crippen LogP contribution in [0.4, 0.5) is 10.1 Å². The fourth-order valence-electron chi connectivity index (χ4n) is 1.93. The Morgan fingerprint density at radius 1 is 1.56 bits per heavy atom. The summed E-state index contributed by atoms with van der Waals surface area (Å²) in [5.74, 6) is -0.328. The number of halogens is 2. The smallest absolute Gasteiger partial charge is 0.242 e. The van der Waals surface area contributed by atoms with Crippen LogP contribution in [0, 0.1) is 5.82 Å².